The van der Waals surface area contributed by atoms with E-state index in [0.29, 0.717) is 0 Å². The van der Waals surface area contributed by atoms with Crippen LogP contribution in [0.2, 0.25) is 0 Å². The largest absolute Gasteiger partial charge is 0.464 e. The summed E-state index contributed by atoms with van der Waals surface area (Å²) >= 11 is 0. The summed E-state index contributed by atoms with van der Waals surface area (Å²) in [5.74, 6) is -1.05. The minimum atomic E-state index is -4.52. The Kier molecular flexibility index (Phi) is 5.45. The van der Waals surface area contributed by atoms with Crippen LogP contribution in [0.25, 0.3) is 6.08 Å². The monoisotopic (exact) mass is 303 g/mol. The van der Waals surface area contributed by atoms with E-state index in [1.165, 1.54) is 18.2 Å². The Morgan fingerprint density at radius 3 is 2.57 bits per heavy atom. The second-order valence-corrected chi connectivity index (χ2v) is 4.05. The third-order valence-corrected chi connectivity index (χ3v) is 2.65. The second kappa shape index (κ2) is 6.87. The number of nitro groups is 1. The summed E-state index contributed by atoms with van der Waals surface area (Å²) in [5, 5.41) is 10.7. The molecular formula is C13H12F3NO4. The van der Waals surface area contributed by atoms with Crippen molar-refractivity contribution in [2.45, 2.75) is 18.6 Å². The number of hydrogen-bond donors (Lipinski definition) is 0. The molecule has 1 aromatic rings. The number of nitrogens with zero attached hydrogens (tertiary/aromatic N) is 1. The molecule has 1 atom stereocenters. The number of benzene rings is 1. The highest BCUT2D eigenvalue weighted by atomic mass is 19.4. The van der Waals surface area contributed by atoms with Crippen LogP contribution in [-0.4, -0.2) is 24.0 Å². The molecule has 114 valence electrons. The fourth-order valence-corrected chi connectivity index (χ4v) is 1.63. The lowest BCUT2D eigenvalue weighted by Crippen LogP contribution is -2.29. The van der Waals surface area contributed by atoms with Crippen LogP contribution in [0, 0.1) is 10.1 Å². The maximum absolute atomic E-state index is 12.7. The zero-order valence-electron chi connectivity index (χ0n) is 11.0. The van der Waals surface area contributed by atoms with Crippen LogP contribution >= 0.6 is 0 Å². The van der Waals surface area contributed by atoms with E-state index in [2.05, 4.69) is 4.74 Å². The first-order valence-electron chi connectivity index (χ1n) is 5.81. The molecule has 0 saturated heterocycles. The molecule has 0 aliphatic heterocycles. The van der Waals surface area contributed by atoms with Crippen molar-refractivity contribution in [3.8, 4) is 0 Å². The topological polar surface area (TPSA) is 69.4 Å². The van der Waals surface area contributed by atoms with E-state index in [1.807, 2.05) is 0 Å². The minimum absolute atomic E-state index is 0.128. The molecule has 0 spiro atoms. The van der Waals surface area contributed by atoms with Crippen molar-refractivity contribution in [2.24, 2.45) is 0 Å². The van der Waals surface area contributed by atoms with Gasteiger partial charge in [0.15, 0.2) is 0 Å². The van der Waals surface area contributed by atoms with Gasteiger partial charge in [-0.05, 0) is 11.6 Å². The van der Waals surface area contributed by atoms with Gasteiger partial charge in [0.1, 0.15) is 0 Å². The number of carbonyl (C=O) groups is 1. The predicted octanol–water partition coefficient (Wildman–Crippen LogP) is 2.93. The van der Waals surface area contributed by atoms with Crippen LogP contribution in [0.1, 0.15) is 17.5 Å². The Balaban J connectivity index is 2.91. The summed E-state index contributed by atoms with van der Waals surface area (Å²) in [5.41, 5.74) is -0.978. The molecule has 1 unspecified atom stereocenters. The van der Waals surface area contributed by atoms with E-state index in [1.54, 1.807) is 0 Å². The van der Waals surface area contributed by atoms with Crippen LogP contribution in [-0.2, 0) is 15.7 Å². The van der Waals surface area contributed by atoms with Gasteiger partial charge in [0, 0.05) is 11.3 Å². The highest BCUT2D eigenvalue weighted by Gasteiger charge is 2.32. The Morgan fingerprint density at radius 2 is 2.05 bits per heavy atom. The van der Waals surface area contributed by atoms with Crippen molar-refractivity contribution in [2.75, 3.05) is 7.11 Å². The number of ether oxygens (including phenoxy) is 1. The minimum Gasteiger partial charge on any atom is -0.464 e. The molecule has 0 heterocycles. The lowest BCUT2D eigenvalue weighted by molar-refractivity contribution is -0.509. The number of methoxy groups -OCH3 is 1. The van der Waals surface area contributed by atoms with Gasteiger partial charge in [0.2, 0.25) is 0 Å². The molecule has 0 saturated carbocycles. The van der Waals surface area contributed by atoms with Crippen molar-refractivity contribution in [1.82, 2.24) is 0 Å². The normalized spacial score (nSPS) is 13.1. The summed E-state index contributed by atoms with van der Waals surface area (Å²) in [6, 6.07) is 3.17. The SMILES string of the molecule is COC(=O)C(C/C=C/c1ccccc1C(F)(F)F)[N+](=O)[O-]. The Labute approximate surface area is 118 Å². The average molecular weight is 303 g/mol. The maximum atomic E-state index is 12.7. The van der Waals surface area contributed by atoms with Gasteiger partial charge >= 0.3 is 18.2 Å². The van der Waals surface area contributed by atoms with Gasteiger partial charge in [-0.1, -0.05) is 30.4 Å². The second-order valence-electron chi connectivity index (χ2n) is 4.05. The van der Waals surface area contributed by atoms with E-state index < -0.39 is 28.7 Å². The van der Waals surface area contributed by atoms with Crippen LogP contribution in [0.5, 0.6) is 0 Å². The number of alkyl halides is 3. The zero-order chi connectivity index (χ0) is 16.0. The van der Waals surface area contributed by atoms with E-state index >= 15 is 0 Å². The van der Waals surface area contributed by atoms with Crippen LogP contribution in [0.3, 0.4) is 0 Å². The molecule has 0 N–H and O–H groups in total. The van der Waals surface area contributed by atoms with Crippen LogP contribution < -0.4 is 0 Å². The first kappa shape index (κ1) is 16.7. The van der Waals surface area contributed by atoms with Gasteiger partial charge in [-0.15, -0.1) is 0 Å². The van der Waals surface area contributed by atoms with Gasteiger partial charge in [-0.3, -0.25) is 10.1 Å². The summed E-state index contributed by atoms with van der Waals surface area (Å²) in [4.78, 5) is 21.0. The standard InChI is InChI=1S/C13H12F3NO4/c1-21-12(18)11(17(19)20)8-4-6-9-5-2-3-7-10(9)13(14,15)16/h2-7,11H,8H2,1H3/b6-4+. The van der Waals surface area contributed by atoms with E-state index in [-0.39, 0.29) is 12.0 Å². The third-order valence-electron chi connectivity index (χ3n) is 2.65. The van der Waals surface area contributed by atoms with Gasteiger partial charge in [0.05, 0.1) is 12.7 Å². The molecule has 0 aliphatic carbocycles. The van der Waals surface area contributed by atoms with Gasteiger partial charge in [-0.2, -0.15) is 13.2 Å². The van der Waals surface area contributed by atoms with E-state index in [0.717, 1.165) is 25.3 Å². The molecule has 0 bridgehead atoms. The summed E-state index contributed by atoms with van der Waals surface area (Å²) < 4.78 is 42.4. The van der Waals surface area contributed by atoms with Crippen molar-refractivity contribution in [3.63, 3.8) is 0 Å². The Morgan fingerprint density at radius 1 is 1.43 bits per heavy atom. The number of halogens is 3. The van der Waals surface area contributed by atoms with E-state index in [9.17, 15) is 28.1 Å². The molecule has 0 aromatic heterocycles. The number of rotatable bonds is 5. The highest BCUT2D eigenvalue weighted by Crippen LogP contribution is 2.32. The average Bonchev–Trinajstić information content (AvgIpc) is 2.41. The number of carbonyl (C=O) groups excluding carboxylic acids is 1. The fourth-order valence-electron chi connectivity index (χ4n) is 1.63. The molecule has 1 aromatic carbocycles. The van der Waals surface area contributed by atoms with Crippen molar-refractivity contribution in [1.29, 1.82) is 0 Å². The lowest BCUT2D eigenvalue weighted by Gasteiger charge is -2.09. The molecule has 5 nitrogen and oxygen atoms in total. The lowest BCUT2D eigenvalue weighted by atomic mass is 10.1. The van der Waals surface area contributed by atoms with Crippen LogP contribution in [0.4, 0.5) is 13.2 Å². The predicted molar refractivity (Wildman–Crippen MR) is 67.9 cm³/mol. The molecule has 1 rings (SSSR count). The molecule has 0 aliphatic rings. The molecule has 0 fully saturated rings. The zero-order valence-corrected chi connectivity index (χ0v) is 11.0. The quantitative estimate of drug-likeness (QED) is 0.476. The van der Waals surface area contributed by atoms with E-state index in [4.69, 9.17) is 0 Å². The molecular weight excluding hydrogens is 291 g/mol. The smallest absolute Gasteiger partial charge is 0.416 e. The molecule has 0 radical (unpaired) electrons. The number of hydrogen-bond acceptors (Lipinski definition) is 4. The Hall–Kier alpha value is -2.38. The first-order chi connectivity index (χ1) is 9.77. The maximum Gasteiger partial charge on any atom is 0.416 e. The summed E-state index contributed by atoms with van der Waals surface area (Å²) in [6.45, 7) is 0. The van der Waals surface area contributed by atoms with Crippen molar-refractivity contribution in [3.05, 3.63) is 51.6 Å². The Bertz CT molecular complexity index is 555. The molecule has 21 heavy (non-hydrogen) atoms. The first-order valence-corrected chi connectivity index (χ1v) is 5.81. The van der Waals surface area contributed by atoms with Gasteiger partial charge in [-0.25, -0.2) is 4.79 Å². The summed E-state index contributed by atoms with van der Waals surface area (Å²) in [7, 11) is 1.00. The molecule has 0 amide bonds. The number of esters is 1. The highest BCUT2D eigenvalue weighted by molar-refractivity contribution is 5.74. The summed E-state index contributed by atoms with van der Waals surface area (Å²) in [6.07, 6.45) is -2.63. The van der Waals surface area contributed by atoms with Crippen molar-refractivity contribution < 1.29 is 27.6 Å². The van der Waals surface area contributed by atoms with Gasteiger partial charge in [0.25, 0.3) is 0 Å². The van der Waals surface area contributed by atoms with Gasteiger partial charge < -0.3 is 4.74 Å². The molecule has 8 heteroatoms. The third kappa shape index (κ3) is 4.59. The van der Waals surface area contributed by atoms with Crippen molar-refractivity contribution >= 4 is 12.0 Å². The van der Waals surface area contributed by atoms with Crippen LogP contribution in [0.15, 0.2) is 30.3 Å². The fraction of sp³-hybridized carbons (Fsp3) is 0.308.